The van der Waals surface area contributed by atoms with Gasteiger partial charge in [-0.1, -0.05) is 12.1 Å². The third-order valence-electron chi connectivity index (χ3n) is 3.11. The molecule has 2 N–H and O–H groups in total. The van der Waals surface area contributed by atoms with E-state index in [4.69, 9.17) is 4.74 Å². The van der Waals surface area contributed by atoms with Crippen molar-refractivity contribution in [2.45, 2.75) is 32.9 Å². The van der Waals surface area contributed by atoms with Gasteiger partial charge in [0.1, 0.15) is 17.1 Å². The van der Waals surface area contributed by atoms with E-state index in [1.807, 2.05) is 0 Å². The number of benzene rings is 1. The van der Waals surface area contributed by atoms with Gasteiger partial charge in [-0.3, -0.25) is 4.68 Å². The van der Waals surface area contributed by atoms with Gasteiger partial charge in [-0.25, -0.2) is 14.0 Å². The summed E-state index contributed by atoms with van der Waals surface area (Å²) in [5, 5.41) is 16.0. The van der Waals surface area contributed by atoms with Crippen molar-refractivity contribution in [3.8, 4) is 11.3 Å². The molecule has 8 heteroatoms. The molecule has 25 heavy (non-hydrogen) atoms. The molecule has 0 saturated carbocycles. The Morgan fingerprint density at radius 1 is 1.32 bits per heavy atom. The quantitative estimate of drug-likeness (QED) is 0.866. The number of hydrogen-bond acceptors (Lipinski definition) is 4. The van der Waals surface area contributed by atoms with Gasteiger partial charge in [0.2, 0.25) is 0 Å². The van der Waals surface area contributed by atoms with Gasteiger partial charge in [0.15, 0.2) is 0 Å². The zero-order valence-electron chi connectivity index (χ0n) is 14.2. The number of carboxylic acid groups (broad SMARTS) is 1. The van der Waals surface area contributed by atoms with Crippen molar-refractivity contribution in [3.63, 3.8) is 0 Å². The summed E-state index contributed by atoms with van der Waals surface area (Å²) in [7, 11) is 0. The van der Waals surface area contributed by atoms with E-state index in [0.717, 1.165) is 0 Å². The van der Waals surface area contributed by atoms with Crippen molar-refractivity contribution in [2.75, 3.05) is 6.54 Å². The molecule has 0 spiro atoms. The number of halogens is 1. The lowest BCUT2D eigenvalue weighted by Gasteiger charge is -2.19. The molecule has 7 nitrogen and oxygen atoms in total. The van der Waals surface area contributed by atoms with Crippen LogP contribution in [0.25, 0.3) is 11.3 Å². The summed E-state index contributed by atoms with van der Waals surface area (Å²) in [5.41, 5.74) is 0.146. The SMILES string of the molecule is CC(C)(C)OC(=O)NCCn1nc(-c2cccc(F)c2)cc1C(=O)O. The van der Waals surface area contributed by atoms with Crippen LogP contribution in [0.5, 0.6) is 0 Å². The van der Waals surface area contributed by atoms with E-state index in [1.165, 1.54) is 28.9 Å². The molecule has 2 rings (SSSR count). The van der Waals surface area contributed by atoms with Crippen molar-refractivity contribution in [2.24, 2.45) is 0 Å². The summed E-state index contributed by atoms with van der Waals surface area (Å²) in [6.45, 7) is 5.51. The van der Waals surface area contributed by atoms with E-state index < -0.39 is 23.5 Å². The van der Waals surface area contributed by atoms with Crippen molar-refractivity contribution in [1.29, 1.82) is 0 Å². The van der Waals surface area contributed by atoms with E-state index >= 15 is 0 Å². The predicted octanol–water partition coefficient (Wildman–Crippen LogP) is 2.91. The van der Waals surface area contributed by atoms with Gasteiger partial charge < -0.3 is 15.2 Å². The van der Waals surface area contributed by atoms with Crippen LogP contribution in [0.15, 0.2) is 30.3 Å². The first-order chi connectivity index (χ1) is 11.7. The highest BCUT2D eigenvalue weighted by Crippen LogP contribution is 2.20. The number of nitrogens with one attached hydrogen (secondary N) is 1. The normalized spacial score (nSPS) is 11.2. The van der Waals surface area contributed by atoms with E-state index in [9.17, 15) is 19.1 Å². The molecular weight excluding hydrogens is 329 g/mol. The monoisotopic (exact) mass is 349 g/mol. The lowest BCUT2D eigenvalue weighted by atomic mass is 10.1. The number of aromatic carboxylic acids is 1. The molecule has 0 fully saturated rings. The summed E-state index contributed by atoms with van der Waals surface area (Å²) in [6, 6.07) is 7.10. The van der Waals surface area contributed by atoms with Crippen LogP contribution in [-0.4, -0.2) is 39.1 Å². The molecule has 1 heterocycles. The largest absolute Gasteiger partial charge is 0.477 e. The third-order valence-corrected chi connectivity index (χ3v) is 3.11. The van der Waals surface area contributed by atoms with E-state index in [0.29, 0.717) is 11.3 Å². The molecule has 0 saturated heterocycles. The maximum atomic E-state index is 13.3. The number of carboxylic acids is 1. The fourth-order valence-corrected chi connectivity index (χ4v) is 2.13. The first-order valence-electron chi connectivity index (χ1n) is 7.69. The number of aromatic nitrogens is 2. The van der Waals surface area contributed by atoms with Gasteiger partial charge in [-0.05, 0) is 39.0 Å². The molecule has 0 aliphatic carbocycles. The number of alkyl carbamates (subject to hydrolysis) is 1. The van der Waals surface area contributed by atoms with Crippen LogP contribution in [0.4, 0.5) is 9.18 Å². The van der Waals surface area contributed by atoms with Crippen LogP contribution in [-0.2, 0) is 11.3 Å². The van der Waals surface area contributed by atoms with Gasteiger partial charge in [0.25, 0.3) is 0 Å². The van der Waals surface area contributed by atoms with Crippen molar-refractivity contribution >= 4 is 12.1 Å². The second-order valence-corrected chi connectivity index (χ2v) is 6.38. The molecule has 0 atom stereocenters. The van der Waals surface area contributed by atoms with Gasteiger partial charge in [0.05, 0.1) is 12.2 Å². The first kappa shape index (κ1) is 18.4. The van der Waals surface area contributed by atoms with Crippen LogP contribution in [0.3, 0.4) is 0 Å². The molecule has 1 aromatic heterocycles. The standard InChI is InChI=1S/C17H20FN3O4/c1-17(2,3)25-16(24)19-7-8-21-14(15(22)23)10-13(20-21)11-5-4-6-12(18)9-11/h4-6,9-10H,7-8H2,1-3H3,(H,19,24)(H,22,23). The minimum atomic E-state index is -1.16. The van der Waals surface area contributed by atoms with Gasteiger partial charge in [-0.2, -0.15) is 5.10 Å². The Bertz CT molecular complexity index is 780. The molecule has 0 aliphatic rings. The summed E-state index contributed by atoms with van der Waals surface area (Å²) in [4.78, 5) is 23.0. The maximum absolute atomic E-state index is 13.3. The Balaban J connectivity index is 2.10. The topological polar surface area (TPSA) is 93.5 Å². The van der Waals surface area contributed by atoms with Gasteiger partial charge in [-0.15, -0.1) is 0 Å². The van der Waals surface area contributed by atoms with E-state index in [1.54, 1.807) is 26.8 Å². The smallest absolute Gasteiger partial charge is 0.407 e. The molecular formula is C17H20FN3O4. The van der Waals surface area contributed by atoms with Crippen LogP contribution in [0.2, 0.25) is 0 Å². The second-order valence-electron chi connectivity index (χ2n) is 6.38. The highest BCUT2D eigenvalue weighted by molar-refractivity contribution is 5.87. The number of nitrogens with zero attached hydrogens (tertiary/aromatic N) is 2. The molecule has 1 aromatic carbocycles. The molecule has 1 amide bonds. The minimum Gasteiger partial charge on any atom is -0.477 e. The Morgan fingerprint density at radius 3 is 2.64 bits per heavy atom. The van der Waals surface area contributed by atoms with Crippen molar-refractivity contribution in [1.82, 2.24) is 15.1 Å². The van der Waals surface area contributed by atoms with Gasteiger partial charge in [0, 0.05) is 12.1 Å². The molecule has 0 aliphatic heterocycles. The third kappa shape index (κ3) is 5.30. The number of amides is 1. The highest BCUT2D eigenvalue weighted by atomic mass is 19.1. The fraction of sp³-hybridized carbons (Fsp3) is 0.353. The Labute approximate surface area is 144 Å². The lowest BCUT2D eigenvalue weighted by molar-refractivity contribution is 0.0525. The average Bonchev–Trinajstić information content (AvgIpc) is 2.90. The number of carbonyl (C=O) groups excluding carboxylic acids is 1. The van der Waals surface area contributed by atoms with Crippen LogP contribution in [0, 0.1) is 5.82 Å². The minimum absolute atomic E-state index is 0.0507. The predicted molar refractivity (Wildman–Crippen MR) is 88.8 cm³/mol. The molecule has 2 aromatic rings. The zero-order chi connectivity index (χ0) is 18.6. The van der Waals surface area contributed by atoms with Crippen LogP contribution < -0.4 is 5.32 Å². The van der Waals surface area contributed by atoms with Crippen LogP contribution >= 0.6 is 0 Å². The van der Waals surface area contributed by atoms with Crippen LogP contribution in [0.1, 0.15) is 31.3 Å². The second kappa shape index (κ2) is 7.33. The molecule has 134 valence electrons. The summed E-state index contributed by atoms with van der Waals surface area (Å²) >= 11 is 0. The van der Waals surface area contributed by atoms with Crippen molar-refractivity contribution in [3.05, 3.63) is 41.8 Å². The number of ether oxygens (including phenoxy) is 1. The zero-order valence-corrected chi connectivity index (χ0v) is 14.2. The molecule has 0 unspecified atom stereocenters. The average molecular weight is 349 g/mol. The maximum Gasteiger partial charge on any atom is 0.407 e. The highest BCUT2D eigenvalue weighted by Gasteiger charge is 2.18. The molecule has 0 bridgehead atoms. The number of hydrogen-bond donors (Lipinski definition) is 2. The van der Waals surface area contributed by atoms with Gasteiger partial charge >= 0.3 is 12.1 Å². The number of carbonyl (C=O) groups is 2. The summed E-state index contributed by atoms with van der Waals surface area (Å²) < 4.78 is 19.7. The summed E-state index contributed by atoms with van der Waals surface area (Å²) in [5.74, 6) is -1.59. The Hall–Kier alpha value is -2.90. The van der Waals surface area contributed by atoms with E-state index in [-0.39, 0.29) is 18.8 Å². The first-order valence-corrected chi connectivity index (χ1v) is 7.69. The molecule has 0 radical (unpaired) electrons. The lowest BCUT2D eigenvalue weighted by Crippen LogP contribution is -2.34. The summed E-state index contributed by atoms with van der Waals surface area (Å²) in [6.07, 6.45) is -0.595. The van der Waals surface area contributed by atoms with Crippen molar-refractivity contribution < 1.29 is 23.8 Å². The van der Waals surface area contributed by atoms with E-state index in [2.05, 4.69) is 10.4 Å². The number of rotatable bonds is 5. The Morgan fingerprint density at radius 2 is 2.04 bits per heavy atom. The Kier molecular flexibility index (Phi) is 5.41. The fourth-order valence-electron chi connectivity index (χ4n) is 2.13.